The van der Waals surface area contributed by atoms with Crippen LogP contribution in [0.2, 0.25) is 17.7 Å². The van der Waals surface area contributed by atoms with Crippen molar-refractivity contribution in [3.63, 3.8) is 0 Å². The van der Waals surface area contributed by atoms with Gasteiger partial charge in [-0.05, 0) is 0 Å². The second-order valence-electron chi connectivity index (χ2n) is 14.5. The number of hydrogen-bond donors (Lipinski definition) is 0. The van der Waals surface area contributed by atoms with Gasteiger partial charge in [0.05, 0.1) is 0 Å². The Kier molecular flexibility index (Phi) is 33.1. The van der Waals surface area contributed by atoms with E-state index in [1.54, 1.807) is 0 Å². The summed E-state index contributed by atoms with van der Waals surface area (Å²) in [5, 5.41) is 0. The number of hydrogen-bond acceptors (Lipinski definition) is 4. The minimum absolute atomic E-state index is 0.0648. The Morgan fingerprint density at radius 2 is 0.543 bits per heavy atom. The van der Waals surface area contributed by atoms with Crippen LogP contribution < -0.4 is 0 Å². The summed E-state index contributed by atoms with van der Waals surface area (Å²) >= 11 is -7.23. The van der Waals surface area contributed by atoms with Gasteiger partial charge >= 0.3 is 283 Å². The first-order chi connectivity index (χ1) is 22.4. The molecule has 6 heteroatoms. The van der Waals surface area contributed by atoms with Gasteiger partial charge < -0.3 is 0 Å². The Balaban J connectivity index is 5.69. The summed E-state index contributed by atoms with van der Waals surface area (Å²) in [4.78, 5) is 27.5. The van der Waals surface area contributed by atoms with Crippen LogP contribution in [0.5, 0.6) is 0 Å². The van der Waals surface area contributed by atoms with Crippen LogP contribution in [0.3, 0.4) is 0 Å². The van der Waals surface area contributed by atoms with E-state index in [0.717, 1.165) is 94.8 Å². The normalized spacial score (nSPS) is 12.0. The van der Waals surface area contributed by atoms with E-state index in [-0.39, 0.29) is 11.9 Å². The summed E-state index contributed by atoms with van der Waals surface area (Å²) in [6.07, 6.45) is 32.7. The predicted octanol–water partition coefficient (Wildman–Crippen LogP) is 14.1. The fourth-order valence-corrected chi connectivity index (χ4v) is 89.5. The third-order valence-electron chi connectivity index (χ3n) is 10.2. The molecule has 0 bridgehead atoms. The fraction of sp³-hybridized carbons (Fsp3) is 0.950. The molecule has 274 valence electrons. The van der Waals surface area contributed by atoms with Crippen molar-refractivity contribution in [1.82, 2.24) is 0 Å². The molecule has 0 aromatic rings. The molecule has 0 spiro atoms. The second kappa shape index (κ2) is 32.7. The van der Waals surface area contributed by atoms with Gasteiger partial charge in [-0.25, -0.2) is 0 Å². The van der Waals surface area contributed by atoms with Crippen molar-refractivity contribution in [2.45, 2.75) is 239 Å². The van der Waals surface area contributed by atoms with Gasteiger partial charge in [0.15, 0.2) is 0 Å². The van der Waals surface area contributed by atoms with Gasteiger partial charge in [-0.1, -0.05) is 13.8 Å². The van der Waals surface area contributed by atoms with Crippen LogP contribution in [0.25, 0.3) is 0 Å². The smallest absolute Gasteiger partial charge is 0.0654 e. The molecule has 0 heterocycles. The molecule has 0 aliphatic heterocycles. The summed E-state index contributed by atoms with van der Waals surface area (Å²) in [5.41, 5.74) is 0. The summed E-state index contributed by atoms with van der Waals surface area (Å²) < 4.78 is 18.5. The van der Waals surface area contributed by atoms with Gasteiger partial charge in [-0.3, -0.25) is 0 Å². The third kappa shape index (κ3) is 22.3. The molecule has 0 radical (unpaired) electrons. The molecule has 46 heavy (non-hydrogen) atoms. The van der Waals surface area contributed by atoms with Crippen molar-refractivity contribution in [3.8, 4) is 0 Å². The Labute approximate surface area is 294 Å². The van der Waals surface area contributed by atoms with E-state index in [9.17, 15) is 9.59 Å². The van der Waals surface area contributed by atoms with E-state index in [4.69, 9.17) is 6.15 Å². The van der Waals surface area contributed by atoms with Crippen molar-refractivity contribution in [2.75, 3.05) is 0 Å². The molecule has 0 unspecified atom stereocenters. The van der Waals surface area contributed by atoms with Crippen LogP contribution >= 0.6 is 0 Å². The minimum atomic E-state index is -3.61. The molecule has 0 aromatic heterocycles. The zero-order valence-electron chi connectivity index (χ0n) is 32.3. The average molecular weight is 865 g/mol. The van der Waals surface area contributed by atoms with Gasteiger partial charge in [0.1, 0.15) is 0 Å². The average Bonchev–Trinajstić information content (AvgIpc) is 3.05. The van der Waals surface area contributed by atoms with Crippen LogP contribution in [0.1, 0.15) is 221 Å². The van der Waals surface area contributed by atoms with E-state index in [2.05, 4.69) is 41.5 Å². The molecule has 0 saturated heterocycles. The number of carbonyl (C=O) groups excluding carboxylic acids is 2. The summed E-state index contributed by atoms with van der Waals surface area (Å²) in [5.74, 6) is 0.130. The minimum Gasteiger partial charge on any atom is -0.0654 e. The molecular formula is C40H82O4Sn2. The topological polar surface area (TPSA) is 52.6 Å². The molecule has 0 aromatic carbocycles. The van der Waals surface area contributed by atoms with Crippen molar-refractivity contribution >= 4 is 41.6 Å². The Morgan fingerprint density at radius 3 is 0.783 bits per heavy atom. The van der Waals surface area contributed by atoms with E-state index in [0.29, 0.717) is 12.8 Å². The molecule has 4 nitrogen and oxygen atoms in total. The van der Waals surface area contributed by atoms with Crippen LogP contribution in [0.4, 0.5) is 0 Å². The maximum absolute atomic E-state index is 13.8. The van der Waals surface area contributed by atoms with Crippen LogP contribution in [-0.4, -0.2) is 41.6 Å². The molecule has 0 rings (SSSR count). The molecule has 0 N–H and O–H groups in total. The van der Waals surface area contributed by atoms with E-state index in [1.807, 2.05) is 0 Å². The van der Waals surface area contributed by atoms with Crippen molar-refractivity contribution < 1.29 is 15.7 Å². The predicted molar refractivity (Wildman–Crippen MR) is 206 cm³/mol. The van der Waals surface area contributed by atoms with Gasteiger partial charge in [0.2, 0.25) is 0 Å². The summed E-state index contributed by atoms with van der Waals surface area (Å²) in [6.45, 7) is 13.6. The van der Waals surface area contributed by atoms with E-state index >= 15 is 0 Å². The fourth-order valence-electron chi connectivity index (χ4n) is 7.10. The van der Waals surface area contributed by atoms with Crippen molar-refractivity contribution in [2.24, 2.45) is 0 Å². The zero-order valence-corrected chi connectivity index (χ0v) is 38.0. The zero-order chi connectivity index (χ0) is 34.2. The second-order valence-corrected chi connectivity index (χ2v) is 67.6. The third-order valence-corrected chi connectivity index (χ3v) is 86.5. The first-order valence-electron chi connectivity index (χ1n) is 20.8. The van der Waals surface area contributed by atoms with Gasteiger partial charge in [0.25, 0.3) is 0 Å². The van der Waals surface area contributed by atoms with E-state index in [1.165, 1.54) is 89.9 Å². The molecule has 0 saturated carbocycles. The SMILES string of the molecule is CCCCCCCCCCCC(=O)[O][Sn]([CH2]CCC)([CH2]CCC)[Sn]([CH2]CCC)([CH2]CCC)[O]C(=O)CCCCCCCCCCC. The van der Waals surface area contributed by atoms with Crippen LogP contribution in [0, 0.1) is 0 Å². The van der Waals surface area contributed by atoms with Gasteiger partial charge in [-0.15, -0.1) is 0 Å². The Bertz CT molecular complexity index is 625. The Hall–Kier alpha value is 0.537. The molecule has 0 aliphatic rings. The van der Waals surface area contributed by atoms with Gasteiger partial charge in [-0.2, -0.15) is 0 Å². The quantitative estimate of drug-likeness (QED) is 0.0470. The molecule has 0 aliphatic carbocycles. The number of unbranched alkanes of at least 4 members (excludes halogenated alkanes) is 20. The molecule has 0 atom stereocenters. The number of carbonyl (C=O) groups is 2. The molecule has 0 fully saturated rings. The van der Waals surface area contributed by atoms with E-state index < -0.39 is 29.7 Å². The van der Waals surface area contributed by atoms with Crippen LogP contribution in [-0.2, 0) is 15.7 Å². The molecular weight excluding hydrogens is 782 g/mol. The Morgan fingerprint density at radius 1 is 0.326 bits per heavy atom. The monoisotopic (exact) mass is 866 g/mol. The van der Waals surface area contributed by atoms with Crippen molar-refractivity contribution in [1.29, 1.82) is 0 Å². The summed E-state index contributed by atoms with van der Waals surface area (Å²) in [6, 6.07) is 0. The maximum atomic E-state index is 13.8. The first-order valence-corrected chi connectivity index (χ1v) is 42.2. The molecule has 0 amide bonds. The first kappa shape index (κ1) is 46.5. The standard InChI is InChI=1S/2C12H24O2.4C4H9.2Sn/c2*1-2-3-4-5-6-7-8-9-10-11-12(13)14;4*1-3-4-2;;/h2*2-11H2,1H3,(H,13,14);4*1,3-4H2,2H3;;/q;;;;;;2*+1/p-2. The van der Waals surface area contributed by atoms with Crippen LogP contribution in [0.15, 0.2) is 0 Å². The van der Waals surface area contributed by atoms with Gasteiger partial charge in [0, 0.05) is 0 Å². The number of rotatable bonds is 35. The van der Waals surface area contributed by atoms with Crippen molar-refractivity contribution in [3.05, 3.63) is 0 Å². The summed E-state index contributed by atoms with van der Waals surface area (Å²) in [7, 11) is 0.